The van der Waals surface area contributed by atoms with Crippen LogP contribution >= 0.6 is 0 Å². The Labute approximate surface area is 125 Å². The summed E-state index contributed by atoms with van der Waals surface area (Å²) in [5.41, 5.74) is 7.15. The van der Waals surface area contributed by atoms with Gasteiger partial charge in [0.05, 0.1) is 0 Å². The summed E-state index contributed by atoms with van der Waals surface area (Å²) in [7, 11) is 0. The number of benzene rings is 1. The Hall–Kier alpha value is -2.04. The molecule has 1 saturated carbocycles. The first-order valence-electron chi connectivity index (χ1n) is 7.52. The molecule has 1 aromatic carbocycles. The summed E-state index contributed by atoms with van der Waals surface area (Å²) in [6, 6.07) is 7.32. The van der Waals surface area contributed by atoms with Crippen LogP contribution in [0, 0.1) is 5.92 Å². The van der Waals surface area contributed by atoms with Gasteiger partial charge in [0.1, 0.15) is 0 Å². The molecule has 5 heteroatoms. The number of nitrogens with two attached hydrogens (primary N) is 1. The molecule has 1 aliphatic rings. The van der Waals surface area contributed by atoms with Gasteiger partial charge in [0.2, 0.25) is 5.91 Å². The van der Waals surface area contributed by atoms with E-state index in [-0.39, 0.29) is 11.7 Å². The van der Waals surface area contributed by atoms with Crippen molar-refractivity contribution in [2.45, 2.75) is 45.1 Å². The predicted molar refractivity (Wildman–Crippen MR) is 82.0 cm³/mol. The van der Waals surface area contributed by atoms with Gasteiger partial charge in [-0.1, -0.05) is 42.6 Å². The first kappa shape index (κ1) is 15.4. The first-order valence-corrected chi connectivity index (χ1v) is 7.52. The maximum atomic E-state index is 12.0. The average Bonchev–Trinajstić information content (AvgIpc) is 2.53. The fourth-order valence-electron chi connectivity index (χ4n) is 2.82. The van der Waals surface area contributed by atoms with E-state index in [0.29, 0.717) is 24.4 Å². The van der Waals surface area contributed by atoms with Gasteiger partial charge in [-0.25, -0.2) is 0 Å². The van der Waals surface area contributed by atoms with E-state index in [2.05, 4.69) is 10.5 Å². The molecule has 5 nitrogen and oxygen atoms in total. The van der Waals surface area contributed by atoms with Gasteiger partial charge in [-0.15, -0.1) is 0 Å². The Kier molecular flexibility index (Phi) is 5.60. The molecule has 0 aromatic heterocycles. The zero-order valence-electron chi connectivity index (χ0n) is 12.2. The van der Waals surface area contributed by atoms with Crippen molar-refractivity contribution in [3.05, 3.63) is 35.4 Å². The van der Waals surface area contributed by atoms with Crippen LogP contribution in [0.4, 0.5) is 0 Å². The van der Waals surface area contributed by atoms with Gasteiger partial charge in [0.25, 0.3) is 0 Å². The van der Waals surface area contributed by atoms with Crippen LogP contribution in [0.15, 0.2) is 29.4 Å². The lowest BCUT2D eigenvalue weighted by atomic mass is 9.87. The fraction of sp³-hybridized carbons (Fsp3) is 0.500. The topological polar surface area (TPSA) is 87.7 Å². The van der Waals surface area contributed by atoms with E-state index in [9.17, 15) is 4.79 Å². The molecule has 2 rings (SSSR count). The molecule has 4 N–H and O–H groups in total. The summed E-state index contributed by atoms with van der Waals surface area (Å²) in [5.74, 6) is 0.726. The van der Waals surface area contributed by atoms with E-state index in [1.54, 1.807) is 6.07 Å². The van der Waals surface area contributed by atoms with Gasteiger partial charge < -0.3 is 16.3 Å². The maximum absolute atomic E-state index is 12.0. The van der Waals surface area contributed by atoms with Crippen molar-refractivity contribution >= 4 is 11.7 Å². The Balaban J connectivity index is 1.83. The van der Waals surface area contributed by atoms with E-state index in [1.165, 1.54) is 32.1 Å². The Morgan fingerprint density at radius 3 is 2.81 bits per heavy atom. The molecule has 1 aliphatic carbocycles. The second kappa shape index (κ2) is 7.67. The van der Waals surface area contributed by atoms with Crippen LogP contribution in [0.25, 0.3) is 0 Å². The van der Waals surface area contributed by atoms with Crippen molar-refractivity contribution in [2.24, 2.45) is 16.8 Å². The van der Waals surface area contributed by atoms with Crippen LogP contribution in [0.3, 0.4) is 0 Å². The third-order valence-electron chi connectivity index (χ3n) is 4.02. The minimum Gasteiger partial charge on any atom is -0.409 e. The van der Waals surface area contributed by atoms with Crippen molar-refractivity contribution in [1.82, 2.24) is 5.32 Å². The van der Waals surface area contributed by atoms with Crippen molar-refractivity contribution in [2.75, 3.05) is 0 Å². The number of nitrogens with zero attached hydrogens (tertiary/aromatic N) is 1. The first-order chi connectivity index (χ1) is 10.2. The molecule has 0 heterocycles. The van der Waals surface area contributed by atoms with Crippen LogP contribution in [0.2, 0.25) is 0 Å². The standard InChI is InChI=1S/C16H23N3O2/c17-16(19-21)14-8-4-7-13(9-14)11-18-15(20)10-12-5-2-1-3-6-12/h4,7-9,12,21H,1-3,5-6,10-11H2,(H2,17,19)(H,18,20). The lowest BCUT2D eigenvalue weighted by Gasteiger charge is -2.20. The number of oxime groups is 1. The summed E-state index contributed by atoms with van der Waals surface area (Å²) in [6.07, 6.45) is 6.77. The van der Waals surface area contributed by atoms with Crippen LogP contribution in [0.1, 0.15) is 49.7 Å². The molecule has 0 saturated heterocycles. The highest BCUT2D eigenvalue weighted by atomic mass is 16.4. The zero-order valence-corrected chi connectivity index (χ0v) is 12.2. The summed E-state index contributed by atoms with van der Waals surface area (Å²) in [5, 5.41) is 14.6. The second-order valence-electron chi connectivity index (χ2n) is 5.67. The highest BCUT2D eigenvalue weighted by molar-refractivity contribution is 5.97. The Morgan fingerprint density at radius 1 is 1.33 bits per heavy atom. The Bertz CT molecular complexity index is 508. The smallest absolute Gasteiger partial charge is 0.220 e. The number of rotatable bonds is 5. The van der Waals surface area contributed by atoms with Crippen molar-refractivity contribution < 1.29 is 10.0 Å². The molecule has 0 aliphatic heterocycles. The number of amidine groups is 1. The summed E-state index contributed by atoms with van der Waals surface area (Å²) < 4.78 is 0. The molecular weight excluding hydrogens is 266 g/mol. The molecule has 0 radical (unpaired) electrons. The molecule has 0 bridgehead atoms. The number of hydrogen-bond acceptors (Lipinski definition) is 3. The van der Waals surface area contributed by atoms with E-state index >= 15 is 0 Å². The van der Waals surface area contributed by atoms with Crippen molar-refractivity contribution in [3.63, 3.8) is 0 Å². The fourth-order valence-corrected chi connectivity index (χ4v) is 2.82. The van der Waals surface area contributed by atoms with Gasteiger partial charge >= 0.3 is 0 Å². The number of hydrogen-bond donors (Lipinski definition) is 3. The van der Waals surface area contributed by atoms with Crippen LogP contribution in [-0.2, 0) is 11.3 Å². The molecule has 21 heavy (non-hydrogen) atoms. The minimum absolute atomic E-state index is 0.0744. The van der Waals surface area contributed by atoms with Crippen LogP contribution < -0.4 is 11.1 Å². The van der Waals surface area contributed by atoms with E-state index in [1.807, 2.05) is 18.2 Å². The van der Waals surface area contributed by atoms with E-state index in [0.717, 1.165) is 5.56 Å². The van der Waals surface area contributed by atoms with Crippen molar-refractivity contribution in [1.29, 1.82) is 0 Å². The molecule has 114 valence electrons. The number of amides is 1. The Morgan fingerprint density at radius 2 is 2.10 bits per heavy atom. The summed E-state index contributed by atoms with van der Waals surface area (Å²) in [6.45, 7) is 0.470. The normalized spacial score (nSPS) is 16.7. The highest BCUT2D eigenvalue weighted by Crippen LogP contribution is 2.26. The van der Waals surface area contributed by atoms with Gasteiger partial charge in [-0.3, -0.25) is 4.79 Å². The third kappa shape index (κ3) is 4.77. The highest BCUT2D eigenvalue weighted by Gasteiger charge is 2.16. The third-order valence-corrected chi connectivity index (χ3v) is 4.02. The van der Waals surface area contributed by atoms with Crippen molar-refractivity contribution in [3.8, 4) is 0 Å². The number of carbonyl (C=O) groups is 1. The lowest BCUT2D eigenvalue weighted by molar-refractivity contribution is -0.122. The molecule has 0 spiro atoms. The quantitative estimate of drug-likeness (QED) is 0.336. The summed E-state index contributed by atoms with van der Waals surface area (Å²) >= 11 is 0. The van der Waals surface area contributed by atoms with Gasteiger partial charge in [-0.2, -0.15) is 0 Å². The lowest BCUT2D eigenvalue weighted by Crippen LogP contribution is -2.26. The SMILES string of the molecule is NC(=NO)c1cccc(CNC(=O)CC2CCCCC2)c1. The molecule has 0 unspecified atom stereocenters. The van der Waals surface area contributed by atoms with Crippen LogP contribution in [0.5, 0.6) is 0 Å². The van der Waals surface area contributed by atoms with Gasteiger partial charge in [-0.05, 0) is 30.4 Å². The molecule has 1 amide bonds. The minimum atomic E-state index is 0.0744. The number of carbonyl (C=O) groups excluding carboxylic acids is 1. The zero-order chi connectivity index (χ0) is 15.1. The van der Waals surface area contributed by atoms with Gasteiger partial charge in [0.15, 0.2) is 5.84 Å². The average molecular weight is 289 g/mol. The molecule has 0 atom stereocenters. The molecule has 1 aromatic rings. The predicted octanol–water partition coefficient (Wildman–Crippen LogP) is 2.37. The largest absolute Gasteiger partial charge is 0.409 e. The van der Waals surface area contributed by atoms with Crippen LogP contribution in [-0.4, -0.2) is 17.0 Å². The van der Waals surface area contributed by atoms with E-state index < -0.39 is 0 Å². The van der Waals surface area contributed by atoms with Gasteiger partial charge in [0, 0.05) is 18.5 Å². The molecule has 1 fully saturated rings. The summed E-state index contributed by atoms with van der Waals surface area (Å²) in [4.78, 5) is 12.0. The monoisotopic (exact) mass is 289 g/mol. The number of nitrogens with one attached hydrogen (secondary N) is 1. The molecular formula is C16H23N3O2. The van der Waals surface area contributed by atoms with E-state index in [4.69, 9.17) is 10.9 Å². The second-order valence-corrected chi connectivity index (χ2v) is 5.67. The maximum Gasteiger partial charge on any atom is 0.220 e.